The number of nitrogens with zero attached hydrogens (tertiary/aromatic N) is 3. The number of benzene rings is 1. The Morgan fingerprint density at radius 1 is 1.48 bits per heavy atom. The van der Waals surface area contributed by atoms with Crippen molar-refractivity contribution in [3.05, 3.63) is 18.2 Å². The van der Waals surface area contributed by atoms with E-state index < -0.39 is 5.60 Å². The van der Waals surface area contributed by atoms with E-state index in [1.165, 1.54) is 0 Å². The Morgan fingerprint density at radius 2 is 2.14 bits per heavy atom. The molecule has 3 N–H and O–H groups in total. The highest BCUT2D eigenvalue weighted by molar-refractivity contribution is 5.95. The van der Waals surface area contributed by atoms with E-state index in [2.05, 4.69) is 4.98 Å². The highest BCUT2D eigenvalue weighted by atomic mass is 16.3. The number of hydrogen-bond acceptors (Lipinski definition) is 4. The number of amides is 1. The number of rotatable bonds is 4. The van der Waals surface area contributed by atoms with E-state index in [0.29, 0.717) is 24.4 Å². The number of nitrogen functional groups attached to an aromatic ring is 1. The van der Waals surface area contributed by atoms with Crippen LogP contribution in [0.25, 0.3) is 11.0 Å². The van der Waals surface area contributed by atoms with Gasteiger partial charge in [0.1, 0.15) is 0 Å². The lowest BCUT2D eigenvalue weighted by Gasteiger charge is -2.19. The fraction of sp³-hybridized carbons (Fsp3) is 0.467. The smallest absolute Gasteiger partial charge is 0.226 e. The van der Waals surface area contributed by atoms with Crippen molar-refractivity contribution in [2.45, 2.75) is 39.3 Å². The van der Waals surface area contributed by atoms with Crippen molar-refractivity contribution in [1.82, 2.24) is 9.55 Å². The van der Waals surface area contributed by atoms with Crippen LogP contribution in [0.2, 0.25) is 0 Å². The van der Waals surface area contributed by atoms with Gasteiger partial charge in [0.2, 0.25) is 11.9 Å². The van der Waals surface area contributed by atoms with E-state index in [4.69, 9.17) is 5.73 Å². The van der Waals surface area contributed by atoms with Crippen LogP contribution >= 0.6 is 0 Å². The van der Waals surface area contributed by atoms with Crippen molar-refractivity contribution in [2.75, 3.05) is 17.7 Å². The number of carbonyl (C=O) groups is 1. The third-order valence-electron chi connectivity index (χ3n) is 3.37. The van der Waals surface area contributed by atoms with Crippen LogP contribution < -0.4 is 10.6 Å². The van der Waals surface area contributed by atoms with Gasteiger partial charge in [0, 0.05) is 19.2 Å². The van der Waals surface area contributed by atoms with Gasteiger partial charge in [0.15, 0.2) is 0 Å². The van der Waals surface area contributed by atoms with Crippen LogP contribution in [0.5, 0.6) is 0 Å². The highest BCUT2D eigenvalue weighted by Gasteiger charge is 2.18. The minimum absolute atomic E-state index is 0.0400. The molecule has 6 nitrogen and oxygen atoms in total. The summed E-state index contributed by atoms with van der Waals surface area (Å²) in [4.78, 5) is 17.7. The normalized spacial score (nSPS) is 11.9. The predicted molar refractivity (Wildman–Crippen MR) is 84.1 cm³/mol. The standard InChI is InChI=1S/C15H22N4O2/c1-5-13(20)18(4)10-6-7-12-11(8-10)17-14(16)19(12)9-15(2,3)21/h6-8,21H,5,9H2,1-4H3,(H2,16,17). The fourth-order valence-electron chi connectivity index (χ4n) is 2.28. The van der Waals surface area contributed by atoms with Gasteiger partial charge in [-0.1, -0.05) is 6.92 Å². The Hall–Kier alpha value is -2.08. The molecule has 0 aliphatic carbocycles. The Morgan fingerprint density at radius 3 is 2.71 bits per heavy atom. The van der Waals surface area contributed by atoms with E-state index in [0.717, 1.165) is 11.2 Å². The van der Waals surface area contributed by atoms with E-state index in [9.17, 15) is 9.90 Å². The number of fused-ring (bicyclic) bond motifs is 1. The van der Waals surface area contributed by atoms with Crippen LogP contribution in [0.15, 0.2) is 18.2 Å². The molecule has 0 aliphatic heterocycles. The van der Waals surface area contributed by atoms with Crippen molar-refractivity contribution in [1.29, 1.82) is 0 Å². The number of aliphatic hydroxyl groups is 1. The van der Waals surface area contributed by atoms with Crippen LogP contribution in [0.3, 0.4) is 0 Å². The largest absolute Gasteiger partial charge is 0.389 e. The molecule has 0 bridgehead atoms. The number of nitrogens with two attached hydrogens (primary N) is 1. The summed E-state index contributed by atoms with van der Waals surface area (Å²) in [6.07, 6.45) is 0.448. The Labute approximate surface area is 124 Å². The molecular formula is C15H22N4O2. The van der Waals surface area contributed by atoms with E-state index in [-0.39, 0.29) is 5.91 Å². The molecule has 0 radical (unpaired) electrons. The van der Waals surface area contributed by atoms with Gasteiger partial charge in [0.25, 0.3) is 0 Å². The first-order chi connectivity index (χ1) is 9.73. The fourth-order valence-corrected chi connectivity index (χ4v) is 2.28. The van der Waals surface area contributed by atoms with Crippen LogP contribution in [-0.2, 0) is 11.3 Å². The summed E-state index contributed by atoms with van der Waals surface area (Å²) in [5.74, 6) is 0.395. The molecule has 2 aromatic rings. The second-order valence-corrected chi connectivity index (χ2v) is 5.85. The van der Waals surface area contributed by atoms with Crippen molar-refractivity contribution in [2.24, 2.45) is 0 Å². The lowest BCUT2D eigenvalue weighted by Crippen LogP contribution is -2.26. The first-order valence-electron chi connectivity index (χ1n) is 6.97. The first kappa shape index (κ1) is 15.3. The molecule has 0 fully saturated rings. The molecule has 6 heteroatoms. The predicted octanol–water partition coefficient (Wildman–Crippen LogP) is 1.76. The molecule has 1 aromatic heterocycles. The van der Waals surface area contributed by atoms with Gasteiger partial charge >= 0.3 is 0 Å². The molecule has 2 rings (SSSR count). The summed E-state index contributed by atoms with van der Waals surface area (Å²) >= 11 is 0. The summed E-state index contributed by atoms with van der Waals surface area (Å²) < 4.78 is 1.78. The summed E-state index contributed by atoms with van der Waals surface area (Å²) in [7, 11) is 1.74. The summed E-state index contributed by atoms with van der Waals surface area (Å²) in [5.41, 5.74) is 7.39. The number of imidazole rings is 1. The van der Waals surface area contributed by atoms with E-state index >= 15 is 0 Å². The van der Waals surface area contributed by atoms with Gasteiger partial charge in [-0.05, 0) is 32.0 Å². The summed E-state index contributed by atoms with van der Waals surface area (Å²) in [5, 5.41) is 9.96. The second-order valence-electron chi connectivity index (χ2n) is 5.85. The molecule has 0 saturated carbocycles. The van der Waals surface area contributed by atoms with Crippen molar-refractivity contribution < 1.29 is 9.90 Å². The maximum Gasteiger partial charge on any atom is 0.226 e. The van der Waals surface area contributed by atoms with Crippen LogP contribution in [0.4, 0.5) is 11.6 Å². The molecule has 0 atom stereocenters. The lowest BCUT2D eigenvalue weighted by atomic mass is 10.1. The molecule has 0 unspecified atom stereocenters. The lowest BCUT2D eigenvalue weighted by molar-refractivity contribution is -0.118. The van der Waals surface area contributed by atoms with E-state index in [1.54, 1.807) is 30.4 Å². The topological polar surface area (TPSA) is 84.4 Å². The quantitative estimate of drug-likeness (QED) is 0.898. The van der Waals surface area contributed by atoms with E-state index in [1.807, 2.05) is 25.1 Å². The Kier molecular flexibility index (Phi) is 3.91. The molecule has 21 heavy (non-hydrogen) atoms. The Bertz CT molecular complexity index is 670. The van der Waals surface area contributed by atoms with Gasteiger partial charge in [0.05, 0.1) is 23.2 Å². The van der Waals surface area contributed by atoms with Gasteiger partial charge in [-0.15, -0.1) is 0 Å². The molecule has 0 aliphatic rings. The van der Waals surface area contributed by atoms with Gasteiger partial charge < -0.3 is 20.3 Å². The minimum Gasteiger partial charge on any atom is -0.389 e. The molecule has 0 saturated heterocycles. The zero-order chi connectivity index (χ0) is 15.8. The second kappa shape index (κ2) is 5.37. The van der Waals surface area contributed by atoms with Crippen molar-refractivity contribution in [3.8, 4) is 0 Å². The van der Waals surface area contributed by atoms with Crippen LogP contribution in [-0.4, -0.2) is 33.2 Å². The third kappa shape index (κ3) is 3.16. The zero-order valence-electron chi connectivity index (χ0n) is 12.9. The van der Waals surface area contributed by atoms with Gasteiger partial charge in [-0.3, -0.25) is 4.79 Å². The SMILES string of the molecule is CCC(=O)N(C)c1ccc2c(c1)nc(N)n2CC(C)(C)O. The first-order valence-corrected chi connectivity index (χ1v) is 6.97. The summed E-state index contributed by atoms with van der Waals surface area (Å²) in [6.45, 7) is 5.63. The maximum atomic E-state index is 11.8. The van der Waals surface area contributed by atoms with Crippen LogP contribution in [0, 0.1) is 0 Å². The highest BCUT2D eigenvalue weighted by Crippen LogP contribution is 2.25. The number of anilines is 2. The molecule has 0 spiro atoms. The molecule has 1 aromatic carbocycles. The number of carbonyl (C=O) groups excluding carboxylic acids is 1. The number of hydrogen-bond donors (Lipinski definition) is 2. The van der Waals surface area contributed by atoms with Crippen molar-refractivity contribution >= 4 is 28.6 Å². The molecular weight excluding hydrogens is 268 g/mol. The zero-order valence-corrected chi connectivity index (χ0v) is 12.9. The molecule has 114 valence electrons. The van der Waals surface area contributed by atoms with Gasteiger partial charge in [-0.2, -0.15) is 0 Å². The monoisotopic (exact) mass is 290 g/mol. The molecule has 1 amide bonds. The average Bonchev–Trinajstić information content (AvgIpc) is 2.70. The van der Waals surface area contributed by atoms with Crippen LogP contribution in [0.1, 0.15) is 27.2 Å². The number of aromatic nitrogens is 2. The Balaban J connectivity index is 2.45. The van der Waals surface area contributed by atoms with Gasteiger partial charge in [-0.25, -0.2) is 4.98 Å². The third-order valence-corrected chi connectivity index (χ3v) is 3.37. The average molecular weight is 290 g/mol. The van der Waals surface area contributed by atoms with Crippen molar-refractivity contribution in [3.63, 3.8) is 0 Å². The maximum absolute atomic E-state index is 11.8. The minimum atomic E-state index is -0.880. The molecule has 1 heterocycles. The summed E-state index contributed by atoms with van der Waals surface area (Å²) in [6, 6.07) is 5.57.